The van der Waals surface area contributed by atoms with Gasteiger partial charge in [-0.25, -0.2) is 4.79 Å². The van der Waals surface area contributed by atoms with Crippen LogP contribution in [0.25, 0.3) is 0 Å². The van der Waals surface area contributed by atoms with Crippen LogP contribution in [0.5, 0.6) is 10.9 Å². The van der Waals surface area contributed by atoms with E-state index >= 15 is 0 Å². The molecule has 0 radical (unpaired) electrons. The Balaban J connectivity index is 2.21. The number of ether oxygens (including phenoxy) is 1. The Labute approximate surface area is 111 Å². The summed E-state index contributed by atoms with van der Waals surface area (Å²) in [7, 11) is 0. The third kappa shape index (κ3) is 2.59. The van der Waals surface area contributed by atoms with Gasteiger partial charge in [-0.2, -0.15) is 10.2 Å². The highest BCUT2D eigenvalue weighted by Crippen LogP contribution is 2.31. The van der Waals surface area contributed by atoms with E-state index < -0.39 is 5.97 Å². The summed E-state index contributed by atoms with van der Waals surface area (Å²) >= 11 is 6.49. The van der Waals surface area contributed by atoms with Crippen molar-refractivity contribution in [1.82, 2.24) is 4.98 Å². The SMILES string of the molecule is N#Cc1ccc(Oc2nc(Cl)c(C(=O)O)s2)cc1. The number of carbonyl (C=O) groups is 1. The number of carboxylic acid groups (broad SMARTS) is 1. The van der Waals surface area contributed by atoms with Crippen molar-refractivity contribution in [2.45, 2.75) is 0 Å². The first kappa shape index (κ1) is 12.4. The summed E-state index contributed by atoms with van der Waals surface area (Å²) in [6.07, 6.45) is 0. The van der Waals surface area contributed by atoms with Crippen LogP contribution in [-0.4, -0.2) is 16.1 Å². The number of nitrogens with zero attached hydrogens (tertiary/aromatic N) is 2. The number of halogens is 1. The highest BCUT2D eigenvalue weighted by atomic mass is 35.5. The molecule has 0 aliphatic rings. The summed E-state index contributed by atoms with van der Waals surface area (Å²) in [4.78, 5) is 14.5. The van der Waals surface area contributed by atoms with Gasteiger partial charge in [0.2, 0.25) is 0 Å². The number of hydrogen-bond acceptors (Lipinski definition) is 5. The second-order valence-electron chi connectivity index (χ2n) is 3.14. The lowest BCUT2D eigenvalue weighted by Crippen LogP contribution is -1.91. The molecule has 0 saturated heterocycles. The molecular formula is C11H5ClN2O3S. The predicted molar refractivity (Wildman–Crippen MR) is 65.3 cm³/mol. The van der Waals surface area contributed by atoms with Gasteiger partial charge in [0, 0.05) is 0 Å². The van der Waals surface area contributed by atoms with E-state index in [1.54, 1.807) is 24.3 Å². The maximum absolute atomic E-state index is 10.8. The summed E-state index contributed by atoms with van der Waals surface area (Å²) in [5.74, 6) is -0.691. The van der Waals surface area contributed by atoms with Crippen LogP contribution in [-0.2, 0) is 0 Å². The first-order valence-electron chi connectivity index (χ1n) is 4.68. The minimum atomic E-state index is -1.15. The molecule has 1 heterocycles. The molecule has 0 spiro atoms. The molecular weight excluding hydrogens is 276 g/mol. The van der Waals surface area contributed by atoms with Gasteiger partial charge >= 0.3 is 5.97 Å². The summed E-state index contributed by atoms with van der Waals surface area (Å²) in [5, 5.41) is 17.5. The van der Waals surface area contributed by atoms with Crippen LogP contribution in [0.15, 0.2) is 24.3 Å². The highest BCUT2D eigenvalue weighted by molar-refractivity contribution is 7.15. The van der Waals surface area contributed by atoms with Gasteiger partial charge in [-0.15, -0.1) is 0 Å². The number of aromatic carboxylic acids is 1. The number of benzene rings is 1. The molecule has 2 aromatic rings. The lowest BCUT2D eigenvalue weighted by atomic mass is 10.2. The molecule has 0 amide bonds. The molecule has 1 N–H and O–H groups in total. The van der Waals surface area contributed by atoms with Gasteiger partial charge in [-0.05, 0) is 24.3 Å². The van der Waals surface area contributed by atoms with Crippen LogP contribution in [0, 0.1) is 11.3 Å². The number of rotatable bonds is 3. The van der Waals surface area contributed by atoms with Crippen molar-refractivity contribution in [2.24, 2.45) is 0 Å². The average molecular weight is 281 g/mol. The van der Waals surface area contributed by atoms with E-state index in [0.717, 1.165) is 11.3 Å². The fourth-order valence-electron chi connectivity index (χ4n) is 1.16. The molecule has 0 aliphatic heterocycles. The standard InChI is InChI=1S/C11H5ClN2O3S/c12-9-8(10(15)16)18-11(14-9)17-7-3-1-6(5-13)2-4-7/h1-4H,(H,15,16). The van der Waals surface area contributed by atoms with E-state index in [-0.39, 0.29) is 15.2 Å². The van der Waals surface area contributed by atoms with E-state index in [0.29, 0.717) is 11.3 Å². The summed E-state index contributed by atoms with van der Waals surface area (Å²) in [5.41, 5.74) is 0.505. The molecule has 0 bridgehead atoms. The molecule has 0 unspecified atom stereocenters. The third-order valence-corrected chi connectivity index (χ3v) is 3.26. The van der Waals surface area contributed by atoms with Crippen molar-refractivity contribution in [3.05, 3.63) is 39.9 Å². The monoisotopic (exact) mass is 280 g/mol. The van der Waals surface area contributed by atoms with Crippen LogP contribution in [0.3, 0.4) is 0 Å². The Hall–Kier alpha value is -2.10. The van der Waals surface area contributed by atoms with Crippen LogP contribution >= 0.6 is 22.9 Å². The van der Waals surface area contributed by atoms with Crippen molar-refractivity contribution >= 4 is 28.9 Å². The van der Waals surface area contributed by atoms with E-state index in [1.165, 1.54) is 0 Å². The zero-order valence-electron chi connectivity index (χ0n) is 8.75. The normalized spacial score (nSPS) is 9.78. The minimum Gasteiger partial charge on any atom is -0.477 e. The fraction of sp³-hybridized carbons (Fsp3) is 0. The van der Waals surface area contributed by atoms with Crippen molar-refractivity contribution in [3.8, 4) is 17.0 Å². The Morgan fingerprint density at radius 3 is 2.61 bits per heavy atom. The summed E-state index contributed by atoms with van der Waals surface area (Å²) in [6, 6.07) is 8.33. The number of nitriles is 1. The summed E-state index contributed by atoms with van der Waals surface area (Å²) in [6.45, 7) is 0. The van der Waals surface area contributed by atoms with Gasteiger partial charge in [-0.1, -0.05) is 22.9 Å². The first-order chi connectivity index (χ1) is 8.60. The second-order valence-corrected chi connectivity index (χ2v) is 4.46. The van der Waals surface area contributed by atoms with Crippen LogP contribution in [0.4, 0.5) is 0 Å². The number of hydrogen-bond donors (Lipinski definition) is 1. The maximum Gasteiger partial charge on any atom is 0.349 e. The Kier molecular flexibility index (Phi) is 3.46. The van der Waals surface area contributed by atoms with Gasteiger partial charge < -0.3 is 9.84 Å². The highest BCUT2D eigenvalue weighted by Gasteiger charge is 2.16. The van der Waals surface area contributed by atoms with Gasteiger partial charge in [-0.3, -0.25) is 0 Å². The first-order valence-corrected chi connectivity index (χ1v) is 5.87. The van der Waals surface area contributed by atoms with Crippen LogP contribution < -0.4 is 4.74 Å². The number of thiazole rings is 1. The molecule has 0 fully saturated rings. The Bertz CT molecular complexity index is 631. The number of carboxylic acids is 1. The molecule has 0 atom stereocenters. The van der Waals surface area contributed by atoms with E-state index in [4.69, 9.17) is 26.7 Å². The predicted octanol–water partition coefficient (Wildman–Crippen LogP) is 3.16. The van der Waals surface area contributed by atoms with Crippen molar-refractivity contribution < 1.29 is 14.6 Å². The van der Waals surface area contributed by atoms with Gasteiger partial charge in [0.25, 0.3) is 5.19 Å². The molecule has 2 rings (SSSR count). The zero-order valence-corrected chi connectivity index (χ0v) is 10.3. The van der Waals surface area contributed by atoms with Gasteiger partial charge in [0.1, 0.15) is 5.75 Å². The largest absolute Gasteiger partial charge is 0.477 e. The maximum atomic E-state index is 10.8. The second kappa shape index (κ2) is 5.04. The van der Waals surface area contributed by atoms with Crippen LogP contribution in [0.1, 0.15) is 15.2 Å². The lowest BCUT2D eigenvalue weighted by Gasteiger charge is -2.00. The molecule has 5 nitrogen and oxygen atoms in total. The fourth-order valence-corrected chi connectivity index (χ4v) is 2.15. The third-order valence-electron chi connectivity index (χ3n) is 1.95. The quantitative estimate of drug-likeness (QED) is 0.933. The Morgan fingerprint density at radius 1 is 1.44 bits per heavy atom. The van der Waals surface area contributed by atoms with Gasteiger partial charge in [0.05, 0.1) is 11.6 Å². The van der Waals surface area contributed by atoms with Gasteiger partial charge in [0.15, 0.2) is 10.0 Å². The number of aromatic nitrogens is 1. The van der Waals surface area contributed by atoms with Crippen molar-refractivity contribution in [3.63, 3.8) is 0 Å². The van der Waals surface area contributed by atoms with E-state index in [9.17, 15) is 4.79 Å². The van der Waals surface area contributed by atoms with Crippen molar-refractivity contribution in [1.29, 1.82) is 5.26 Å². The average Bonchev–Trinajstić information content (AvgIpc) is 2.71. The smallest absolute Gasteiger partial charge is 0.349 e. The topological polar surface area (TPSA) is 83.2 Å². The minimum absolute atomic E-state index is 0.0692. The molecule has 1 aromatic carbocycles. The van der Waals surface area contributed by atoms with E-state index in [2.05, 4.69) is 4.98 Å². The molecule has 0 saturated carbocycles. The zero-order chi connectivity index (χ0) is 13.1. The molecule has 7 heteroatoms. The van der Waals surface area contributed by atoms with Crippen LogP contribution in [0.2, 0.25) is 5.15 Å². The molecule has 0 aliphatic carbocycles. The lowest BCUT2D eigenvalue weighted by molar-refractivity contribution is 0.0702. The Morgan fingerprint density at radius 2 is 2.11 bits per heavy atom. The molecule has 18 heavy (non-hydrogen) atoms. The van der Waals surface area contributed by atoms with E-state index in [1.807, 2.05) is 6.07 Å². The van der Waals surface area contributed by atoms with Crippen molar-refractivity contribution in [2.75, 3.05) is 0 Å². The summed E-state index contributed by atoms with van der Waals surface area (Å²) < 4.78 is 5.34. The molecule has 90 valence electrons. The molecule has 1 aromatic heterocycles.